The number of primary sulfonamides is 1. The Labute approximate surface area is 125 Å². The van der Waals surface area contributed by atoms with Gasteiger partial charge in [-0.2, -0.15) is 0 Å². The number of benzene rings is 2. The molecule has 0 spiro atoms. The molecule has 2 aromatic rings. The molecule has 0 amide bonds. The Bertz CT molecular complexity index is 729. The van der Waals surface area contributed by atoms with Crippen molar-refractivity contribution >= 4 is 21.4 Å². The number of nitrogen functional groups attached to an aromatic ring is 1. The van der Waals surface area contributed by atoms with E-state index in [4.69, 9.17) is 10.9 Å². The number of rotatable bonds is 5. The van der Waals surface area contributed by atoms with Crippen LogP contribution in [-0.4, -0.2) is 15.0 Å². The van der Waals surface area contributed by atoms with Crippen molar-refractivity contribution in [2.24, 2.45) is 5.14 Å². The predicted molar refractivity (Wildman–Crippen MR) is 85.4 cm³/mol. The molecule has 21 heavy (non-hydrogen) atoms. The standard InChI is InChI=1S/C15H19N3O2S/c1-2-18(11-12-6-5-7-13(16)10-12)14-8-3-4-9-15(14)21(17,19)20/h3-10H,2,11,16H2,1H3,(H2,17,19,20). The average molecular weight is 305 g/mol. The normalized spacial score (nSPS) is 11.3. The van der Waals surface area contributed by atoms with E-state index in [1.807, 2.05) is 36.1 Å². The van der Waals surface area contributed by atoms with Crippen LogP contribution in [0.2, 0.25) is 0 Å². The van der Waals surface area contributed by atoms with Crippen molar-refractivity contribution in [3.63, 3.8) is 0 Å². The SMILES string of the molecule is CCN(Cc1cccc(N)c1)c1ccccc1S(N)(=O)=O. The van der Waals surface area contributed by atoms with E-state index < -0.39 is 10.0 Å². The first kappa shape index (κ1) is 15.3. The predicted octanol–water partition coefficient (Wildman–Crippen LogP) is 1.94. The molecule has 0 radical (unpaired) electrons. The van der Waals surface area contributed by atoms with Crippen molar-refractivity contribution in [2.45, 2.75) is 18.4 Å². The van der Waals surface area contributed by atoms with Crippen LogP contribution in [0.4, 0.5) is 11.4 Å². The average Bonchev–Trinajstić information content (AvgIpc) is 2.44. The number of para-hydroxylation sites is 1. The quantitative estimate of drug-likeness (QED) is 0.826. The number of hydrogen-bond acceptors (Lipinski definition) is 4. The maximum Gasteiger partial charge on any atom is 0.240 e. The van der Waals surface area contributed by atoms with E-state index in [0.717, 1.165) is 5.56 Å². The molecule has 0 aliphatic heterocycles. The number of hydrogen-bond donors (Lipinski definition) is 2. The highest BCUT2D eigenvalue weighted by Gasteiger charge is 2.17. The summed E-state index contributed by atoms with van der Waals surface area (Å²) in [4.78, 5) is 2.09. The summed E-state index contributed by atoms with van der Waals surface area (Å²) in [6, 6.07) is 14.3. The summed E-state index contributed by atoms with van der Waals surface area (Å²) in [6.07, 6.45) is 0. The minimum atomic E-state index is -3.76. The van der Waals surface area contributed by atoms with Gasteiger partial charge in [-0.15, -0.1) is 0 Å². The van der Waals surface area contributed by atoms with Gasteiger partial charge < -0.3 is 10.6 Å². The van der Waals surface area contributed by atoms with Crippen LogP contribution >= 0.6 is 0 Å². The van der Waals surface area contributed by atoms with Gasteiger partial charge in [0.15, 0.2) is 0 Å². The Hall–Kier alpha value is -2.05. The lowest BCUT2D eigenvalue weighted by atomic mass is 10.1. The van der Waals surface area contributed by atoms with E-state index in [1.54, 1.807) is 18.2 Å². The van der Waals surface area contributed by atoms with Crippen molar-refractivity contribution in [3.8, 4) is 0 Å². The molecule has 0 aromatic heterocycles. The zero-order valence-electron chi connectivity index (χ0n) is 11.9. The van der Waals surface area contributed by atoms with E-state index in [0.29, 0.717) is 24.5 Å². The van der Waals surface area contributed by atoms with Gasteiger partial charge in [-0.3, -0.25) is 0 Å². The number of sulfonamides is 1. The molecule has 112 valence electrons. The molecule has 5 nitrogen and oxygen atoms in total. The third-order valence-corrected chi connectivity index (χ3v) is 4.18. The summed E-state index contributed by atoms with van der Waals surface area (Å²) < 4.78 is 23.4. The lowest BCUT2D eigenvalue weighted by molar-refractivity contribution is 0.597. The summed E-state index contributed by atoms with van der Waals surface area (Å²) in [5.74, 6) is 0. The van der Waals surface area contributed by atoms with E-state index >= 15 is 0 Å². The van der Waals surface area contributed by atoms with Crippen LogP contribution in [0.3, 0.4) is 0 Å². The lowest BCUT2D eigenvalue weighted by Gasteiger charge is -2.25. The number of nitrogens with two attached hydrogens (primary N) is 2. The van der Waals surface area contributed by atoms with Crippen molar-refractivity contribution < 1.29 is 8.42 Å². The minimum Gasteiger partial charge on any atom is -0.399 e. The molecule has 0 fully saturated rings. The molecule has 0 aliphatic rings. The van der Waals surface area contributed by atoms with Gasteiger partial charge in [0, 0.05) is 18.8 Å². The topological polar surface area (TPSA) is 89.4 Å². The largest absolute Gasteiger partial charge is 0.399 e. The zero-order valence-corrected chi connectivity index (χ0v) is 12.7. The molecular formula is C15H19N3O2S. The maximum absolute atomic E-state index is 11.7. The second-order valence-electron chi connectivity index (χ2n) is 4.77. The van der Waals surface area contributed by atoms with E-state index in [9.17, 15) is 8.42 Å². The molecule has 0 saturated heterocycles. The first-order valence-electron chi connectivity index (χ1n) is 6.63. The van der Waals surface area contributed by atoms with Crippen LogP contribution in [0, 0.1) is 0 Å². The highest BCUT2D eigenvalue weighted by atomic mass is 32.2. The third kappa shape index (κ3) is 3.74. The summed E-state index contributed by atoms with van der Waals surface area (Å²) in [5, 5.41) is 5.29. The maximum atomic E-state index is 11.7. The Morgan fingerprint density at radius 3 is 2.43 bits per heavy atom. The second-order valence-corrected chi connectivity index (χ2v) is 6.30. The molecule has 0 atom stereocenters. The number of nitrogens with zero attached hydrogens (tertiary/aromatic N) is 1. The summed E-state index contributed by atoms with van der Waals surface area (Å²) in [5.41, 5.74) is 8.08. The van der Waals surface area contributed by atoms with Gasteiger partial charge in [0.2, 0.25) is 10.0 Å². The first-order chi connectivity index (χ1) is 9.91. The molecule has 0 heterocycles. The molecule has 2 rings (SSSR count). The molecular weight excluding hydrogens is 286 g/mol. The molecule has 6 heteroatoms. The van der Waals surface area contributed by atoms with E-state index in [2.05, 4.69) is 0 Å². The van der Waals surface area contributed by atoms with Gasteiger partial charge in [0.25, 0.3) is 0 Å². The highest BCUT2D eigenvalue weighted by molar-refractivity contribution is 7.89. The smallest absolute Gasteiger partial charge is 0.240 e. The van der Waals surface area contributed by atoms with Crippen LogP contribution < -0.4 is 15.8 Å². The van der Waals surface area contributed by atoms with Crippen molar-refractivity contribution in [1.29, 1.82) is 0 Å². The molecule has 4 N–H and O–H groups in total. The van der Waals surface area contributed by atoms with E-state index in [1.165, 1.54) is 6.07 Å². The third-order valence-electron chi connectivity index (χ3n) is 3.22. The van der Waals surface area contributed by atoms with Gasteiger partial charge in [-0.25, -0.2) is 13.6 Å². The fraction of sp³-hybridized carbons (Fsp3) is 0.200. The van der Waals surface area contributed by atoms with E-state index in [-0.39, 0.29) is 4.90 Å². The Morgan fingerprint density at radius 2 is 1.81 bits per heavy atom. The molecule has 0 saturated carbocycles. The Kier molecular flexibility index (Phi) is 4.50. The fourth-order valence-corrected chi connectivity index (χ4v) is 3.00. The number of anilines is 2. The van der Waals surface area contributed by atoms with Gasteiger partial charge in [0.1, 0.15) is 4.90 Å². The molecule has 2 aromatic carbocycles. The van der Waals surface area contributed by atoms with Gasteiger partial charge in [-0.1, -0.05) is 24.3 Å². The Balaban J connectivity index is 2.39. The van der Waals surface area contributed by atoms with Crippen LogP contribution in [0.25, 0.3) is 0 Å². The molecule has 0 bridgehead atoms. The van der Waals surface area contributed by atoms with Gasteiger partial charge in [0.05, 0.1) is 5.69 Å². The van der Waals surface area contributed by atoms with Gasteiger partial charge in [-0.05, 0) is 36.8 Å². The van der Waals surface area contributed by atoms with Crippen molar-refractivity contribution in [1.82, 2.24) is 0 Å². The van der Waals surface area contributed by atoms with Crippen LogP contribution in [0.15, 0.2) is 53.4 Å². The monoisotopic (exact) mass is 305 g/mol. The van der Waals surface area contributed by atoms with Crippen molar-refractivity contribution in [2.75, 3.05) is 17.2 Å². The van der Waals surface area contributed by atoms with Crippen LogP contribution in [-0.2, 0) is 16.6 Å². The van der Waals surface area contributed by atoms with Crippen LogP contribution in [0.5, 0.6) is 0 Å². The van der Waals surface area contributed by atoms with Crippen LogP contribution in [0.1, 0.15) is 12.5 Å². The second kappa shape index (κ2) is 6.15. The zero-order chi connectivity index (χ0) is 15.5. The van der Waals surface area contributed by atoms with Gasteiger partial charge >= 0.3 is 0 Å². The fourth-order valence-electron chi connectivity index (χ4n) is 2.24. The highest BCUT2D eigenvalue weighted by Crippen LogP contribution is 2.25. The lowest BCUT2D eigenvalue weighted by Crippen LogP contribution is -2.25. The molecule has 0 unspecified atom stereocenters. The Morgan fingerprint density at radius 1 is 1.10 bits per heavy atom. The summed E-state index contributed by atoms with van der Waals surface area (Å²) in [7, 11) is -3.76. The molecule has 0 aliphatic carbocycles. The summed E-state index contributed by atoms with van der Waals surface area (Å²) >= 11 is 0. The summed E-state index contributed by atoms with van der Waals surface area (Å²) in [6.45, 7) is 3.18. The van der Waals surface area contributed by atoms with Crippen molar-refractivity contribution in [3.05, 3.63) is 54.1 Å². The first-order valence-corrected chi connectivity index (χ1v) is 8.17. The minimum absolute atomic E-state index is 0.135.